The summed E-state index contributed by atoms with van der Waals surface area (Å²) in [5.74, 6) is -0.129. The maximum absolute atomic E-state index is 12.0. The molecular weight excluding hydrogens is 278 g/mol. The zero-order valence-corrected chi connectivity index (χ0v) is 11.9. The van der Waals surface area contributed by atoms with Crippen molar-refractivity contribution in [3.63, 3.8) is 0 Å². The molecule has 3 aromatic rings. The topological polar surface area (TPSA) is 72.7 Å². The SMILES string of the molecule is O=C(NCCc1ccccn1)c1ncn(-c2ccccc2)n1. The molecule has 0 bridgehead atoms. The van der Waals surface area contributed by atoms with E-state index in [1.54, 1.807) is 10.9 Å². The number of hydrogen-bond donors (Lipinski definition) is 1. The summed E-state index contributed by atoms with van der Waals surface area (Å²) in [6.07, 6.45) is 3.94. The van der Waals surface area contributed by atoms with Gasteiger partial charge in [0.2, 0.25) is 5.82 Å². The molecular formula is C16H15N5O. The van der Waals surface area contributed by atoms with Gasteiger partial charge in [0.1, 0.15) is 6.33 Å². The van der Waals surface area contributed by atoms with E-state index in [0.29, 0.717) is 13.0 Å². The summed E-state index contributed by atoms with van der Waals surface area (Å²) in [6.45, 7) is 0.496. The van der Waals surface area contributed by atoms with Crippen LogP contribution < -0.4 is 5.32 Å². The maximum atomic E-state index is 12.0. The smallest absolute Gasteiger partial charge is 0.290 e. The van der Waals surface area contributed by atoms with E-state index >= 15 is 0 Å². The van der Waals surface area contributed by atoms with E-state index in [0.717, 1.165) is 11.4 Å². The molecule has 0 saturated carbocycles. The molecule has 1 amide bonds. The fourth-order valence-electron chi connectivity index (χ4n) is 2.00. The highest BCUT2D eigenvalue weighted by molar-refractivity contribution is 5.90. The van der Waals surface area contributed by atoms with Crippen molar-refractivity contribution in [1.29, 1.82) is 0 Å². The van der Waals surface area contributed by atoms with Crippen molar-refractivity contribution in [3.8, 4) is 5.69 Å². The minimum atomic E-state index is -0.286. The van der Waals surface area contributed by atoms with Gasteiger partial charge in [0.25, 0.3) is 5.91 Å². The molecule has 0 saturated heterocycles. The van der Waals surface area contributed by atoms with E-state index in [1.807, 2.05) is 48.5 Å². The van der Waals surface area contributed by atoms with Crippen molar-refractivity contribution in [2.45, 2.75) is 6.42 Å². The van der Waals surface area contributed by atoms with Crippen molar-refractivity contribution < 1.29 is 4.79 Å². The second-order valence-electron chi connectivity index (χ2n) is 4.68. The largest absolute Gasteiger partial charge is 0.349 e. The van der Waals surface area contributed by atoms with Crippen LogP contribution in [0.5, 0.6) is 0 Å². The van der Waals surface area contributed by atoms with Crippen molar-refractivity contribution in [3.05, 3.63) is 72.6 Å². The van der Waals surface area contributed by atoms with Crippen LogP contribution in [0.4, 0.5) is 0 Å². The molecule has 0 atom stereocenters. The Kier molecular flexibility index (Phi) is 4.20. The molecule has 1 aromatic carbocycles. The van der Waals surface area contributed by atoms with Gasteiger partial charge in [-0.05, 0) is 24.3 Å². The van der Waals surface area contributed by atoms with Crippen molar-refractivity contribution in [1.82, 2.24) is 25.1 Å². The highest BCUT2D eigenvalue weighted by Crippen LogP contribution is 2.04. The number of aromatic nitrogens is 4. The molecule has 0 aliphatic rings. The van der Waals surface area contributed by atoms with Crippen molar-refractivity contribution in [2.75, 3.05) is 6.54 Å². The number of rotatable bonds is 5. The van der Waals surface area contributed by atoms with E-state index in [-0.39, 0.29) is 11.7 Å². The number of carbonyl (C=O) groups excluding carboxylic acids is 1. The lowest BCUT2D eigenvalue weighted by Crippen LogP contribution is -2.27. The second-order valence-corrected chi connectivity index (χ2v) is 4.68. The van der Waals surface area contributed by atoms with E-state index < -0.39 is 0 Å². The summed E-state index contributed by atoms with van der Waals surface area (Å²) in [7, 11) is 0. The van der Waals surface area contributed by atoms with Gasteiger partial charge in [-0.25, -0.2) is 9.67 Å². The van der Waals surface area contributed by atoms with Crippen LogP contribution in [0.15, 0.2) is 61.1 Å². The average Bonchev–Trinajstić information content (AvgIpc) is 3.07. The van der Waals surface area contributed by atoms with Gasteiger partial charge in [0.05, 0.1) is 5.69 Å². The van der Waals surface area contributed by atoms with Gasteiger partial charge in [-0.2, -0.15) is 0 Å². The molecule has 0 radical (unpaired) electrons. The van der Waals surface area contributed by atoms with Gasteiger partial charge in [0, 0.05) is 24.9 Å². The Morgan fingerprint density at radius 2 is 1.86 bits per heavy atom. The van der Waals surface area contributed by atoms with E-state index in [1.165, 1.54) is 6.33 Å². The lowest BCUT2D eigenvalue weighted by molar-refractivity contribution is 0.0944. The first-order valence-corrected chi connectivity index (χ1v) is 6.98. The van der Waals surface area contributed by atoms with Gasteiger partial charge in [-0.15, -0.1) is 5.10 Å². The first-order chi connectivity index (χ1) is 10.8. The highest BCUT2D eigenvalue weighted by Gasteiger charge is 2.11. The van der Waals surface area contributed by atoms with E-state index in [2.05, 4.69) is 20.4 Å². The number of nitrogens with zero attached hydrogens (tertiary/aromatic N) is 4. The summed E-state index contributed by atoms with van der Waals surface area (Å²) < 4.78 is 1.58. The van der Waals surface area contributed by atoms with E-state index in [4.69, 9.17) is 0 Å². The Bertz CT molecular complexity index is 739. The van der Waals surface area contributed by atoms with Gasteiger partial charge >= 0.3 is 0 Å². The first kappa shape index (κ1) is 13.9. The first-order valence-electron chi connectivity index (χ1n) is 6.98. The molecule has 0 spiro atoms. The standard InChI is InChI=1S/C16H15N5O/c22-16(18-11-9-13-6-4-5-10-17-13)15-19-12-21(20-15)14-7-2-1-3-8-14/h1-8,10,12H,9,11H2,(H,18,22). The summed E-state index contributed by atoms with van der Waals surface area (Å²) in [6, 6.07) is 15.2. The monoisotopic (exact) mass is 293 g/mol. The van der Waals surface area contributed by atoms with Crippen LogP contribution in [-0.4, -0.2) is 32.2 Å². The Morgan fingerprint density at radius 1 is 1.05 bits per heavy atom. The second kappa shape index (κ2) is 6.62. The van der Waals surface area contributed by atoms with Crippen LogP contribution in [-0.2, 0) is 6.42 Å². The summed E-state index contributed by atoms with van der Waals surface area (Å²) in [4.78, 5) is 20.3. The number of para-hydroxylation sites is 1. The molecule has 2 aromatic heterocycles. The summed E-state index contributed by atoms with van der Waals surface area (Å²) >= 11 is 0. The average molecular weight is 293 g/mol. The molecule has 6 heteroatoms. The minimum Gasteiger partial charge on any atom is -0.349 e. The zero-order valence-electron chi connectivity index (χ0n) is 11.9. The van der Waals surface area contributed by atoms with Gasteiger partial charge in [-0.3, -0.25) is 9.78 Å². The molecule has 1 N–H and O–H groups in total. The molecule has 110 valence electrons. The minimum absolute atomic E-state index is 0.157. The van der Waals surface area contributed by atoms with Gasteiger partial charge in [0.15, 0.2) is 0 Å². The predicted octanol–water partition coefficient (Wildman–Crippen LogP) is 1.63. The fraction of sp³-hybridized carbons (Fsp3) is 0.125. The highest BCUT2D eigenvalue weighted by atomic mass is 16.2. The van der Waals surface area contributed by atoms with Crippen LogP contribution in [0.3, 0.4) is 0 Å². The van der Waals surface area contributed by atoms with E-state index in [9.17, 15) is 4.79 Å². The molecule has 3 rings (SSSR count). The molecule has 0 unspecified atom stereocenters. The number of amides is 1. The van der Waals surface area contributed by atoms with Crippen LogP contribution in [0.2, 0.25) is 0 Å². The number of pyridine rings is 1. The quantitative estimate of drug-likeness (QED) is 0.776. The zero-order chi connectivity index (χ0) is 15.2. The van der Waals surface area contributed by atoms with Crippen LogP contribution >= 0.6 is 0 Å². The van der Waals surface area contributed by atoms with Crippen LogP contribution in [0.25, 0.3) is 5.69 Å². The lowest BCUT2D eigenvalue weighted by atomic mass is 10.3. The van der Waals surface area contributed by atoms with Crippen molar-refractivity contribution >= 4 is 5.91 Å². The Hall–Kier alpha value is -3.02. The molecule has 0 aliphatic carbocycles. The van der Waals surface area contributed by atoms with Gasteiger partial charge < -0.3 is 5.32 Å². The number of hydrogen-bond acceptors (Lipinski definition) is 4. The number of carbonyl (C=O) groups is 1. The molecule has 6 nitrogen and oxygen atoms in total. The van der Waals surface area contributed by atoms with Crippen LogP contribution in [0, 0.1) is 0 Å². The third-order valence-corrected chi connectivity index (χ3v) is 3.11. The summed E-state index contributed by atoms with van der Waals surface area (Å²) in [5.41, 5.74) is 1.80. The third-order valence-electron chi connectivity index (χ3n) is 3.11. The molecule has 22 heavy (non-hydrogen) atoms. The van der Waals surface area contributed by atoms with Gasteiger partial charge in [-0.1, -0.05) is 24.3 Å². The number of benzene rings is 1. The number of nitrogens with one attached hydrogen (secondary N) is 1. The maximum Gasteiger partial charge on any atom is 0.290 e. The Morgan fingerprint density at radius 3 is 2.64 bits per heavy atom. The molecule has 0 fully saturated rings. The molecule has 2 heterocycles. The third kappa shape index (κ3) is 3.35. The molecule has 0 aliphatic heterocycles. The fourth-order valence-corrected chi connectivity index (χ4v) is 2.00. The summed E-state index contributed by atoms with van der Waals surface area (Å²) in [5, 5.41) is 6.98. The van der Waals surface area contributed by atoms with Crippen molar-refractivity contribution in [2.24, 2.45) is 0 Å². The lowest BCUT2D eigenvalue weighted by Gasteiger charge is -2.02. The Labute approximate surface area is 127 Å². The normalized spacial score (nSPS) is 10.4. The van der Waals surface area contributed by atoms with Crippen LogP contribution in [0.1, 0.15) is 16.3 Å². The predicted molar refractivity (Wildman–Crippen MR) is 81.6 cm³/mol. The Balaban J connectivity index is 1.58.